The Hall–Kier alpha value is -1.95. The molecule has 1 amide bonds. The Morgan fingerprint density at radius 2 is 1.72 bits per heavy atom. The number of amides is 1. The third kappa shape index (κ3) is 4.97. The van der Waals surface area contributed by atoms with Crippen LogP contribution in [-0.4, -0.2) is 43.2 Å². The third-order valence-electron chi connectivity index (χ3n) is 5.47. The van der Waals surface area contributed by atoms with E-state index in [0.717, 1.165) is 43.0 Å². The Kier molecular flexibility index (Phi) is 6.48. The van der Waals surface area contributed by atoms with Crippen LogP contribution in [0, 0.1) is 5.92 Å². The zero-order valence-corrected chi connectivity index (χ0v) is 17.6. The standard InChI is InChI=1S/C22H24Cl2N2O3/c23-18-4-3-5-19(24)17(18)13-26-10-8-15(9-11-26)22(27)25-12-16-14-28-20-6-1-2-7-21(20)29-16/h1-7,15-16H,8-14H2,(H,25,27). The molecule has 2 aromatic rings. The molecule has 1 atom stereocenters. The highest BCUT2D eigenvalue weighted by atomic mass is 35.5. The van der Waals surface area contributed by atoms with Crippen LogP contribution in [0.2, 0.25) is 10.0 Å². The van der Waals surface area contributed by atoms with Crippen molar-refractivity contribution >= 4 is 29.1 Å². The molecule has 4 rings (SSSR count). The van der Waals surface area contributed by atoms with Crippen molar-refractivity contribution < 1.29 is 14.3 Å². The topological polar surface area (TPSA) is 50.8 Å². The lowest BCUT2D eigenvalue weighted by Gasteiger charge is -2.32. The van der Waals surface area contributed by atoms with Gasteiger partial charge in [0.2, 0.25) is 5.91 Å². The number of carbonyl (C=O) groups is 1. The maximum absolute atomic E-state index is 12.6. The maximum Gasteiger partial charge on any atom is 0.223 e. The van der Waals surface area contributed by atoms with Crippen molar-refractivity contribution in [1.29, 1.82) is 0 Å². The van der Waals surface area contributed by atoms with Crippen LogP contribution in [0.1, 0.15) is 18.4 Å². The van der Waals surface area contributed by atoms with Crippen molar-refractivity contribution in [3.63, 3.8) is 0 Å². The molecule has 29 heavy (non-hydrogen) atoms. The Morgan fingerprint density at radius 3 is 2.45 bits per heavy atom. The van der Waals surface area contributed by atoms with Gasteiger partial charge in [-0.3, -0.25) is 9.69 Å². The van der Waals surface area contributed by atoms with Crippen molar-refractivity contribution in [2.75, 3.05) is 26.2 Å². The normalized spacial score (nSPS) is 19.7. The minimum Gasteiger partial charge on any atom is -0.486 e. The summed E-state index contributed by atoms with van der Waals surface area (Å²) in [7, 11) is 0. The number of fused-ring (bicyclic) bond motifs is 1. The SMILES string of the molecule is O=C(NCC1COc2ccccc2O1)C1CCN(Cc2c(Cl)cccc2Cl)CC1. The molecule has 0 spiro atoms. The van der Waals surface area contributed by atoms with Crippen molar-refractivity contribution in [1.82, 2.24) is 10.2 Å². The zero-order valence-electron chi connectivity index (χ0n) is 16.1. The highest BCUT2D eigenvalue weighted by Crippen LogP contribution is 2.31. The quantitative estimate of drug-likeness (QED) is 0.767. The van der Waals surface area contributed by atoms with Gasteiger partial charge in [-0.15, -0.1) is 0 Å². The molecule has 2 heterocycles. The lowest BCUT2D eigenvalue weighted by atomic mass is 9.95. The molecule has 0 saturated carbocycles. The van der Waals surface area contributed by atoms with E-state index in [4.69, 9.17) is 32.7 Å². The van der Waals surface area contributed by atoms with Crippen molar-refractivity contribution in [2.24, 2.45) is 5.92 Å². The lowest BCUT2D eigenvalue weighted by Crippen LogP contribution is -2.45. The number of para-hydroxylation sites is 2. The van der Waals surface area contributed by atoms with Gasteiger partial charge in [-0.2, -0.15) is 0 Å². The summed E-state index contributed by atoms with van der Waals surface area (Å²) in [5.74, 6) is 1.58. The molecule has 2 aliphatic heterocycles. The van der Waals surface area contributed by atoms with E-state index in [2.05, 4.69) is 10.2 Å². The van der Waals surface area contributed by atoms with E-state index in [1.165, 1.54) is 0 Å². The van der Waals surface area contributed by atoms with E-state index in [1.54, 1.807) is 0 Å². The summed E-state index contributed by atoms with van der Waals surface area (Å²) in [4.78, 5) is 14.9. The van der Waals surface area contributed by atoms with Crippen LogP contribution < -0.4 is 14.8 Å². The van der Waals surface area contributed by atoms with Crippen LogP contribution in [0.25, 0.3) is 0 Å². The second-order valence-electron chi connectivity index (χ2n) is 7.49. The minimum atomic E-state index is -0.170. The molecule has 1 saturated heterocycles. The molecular weight excluding hydrogens is 411 g/mol. The number of hydrogen-bond donors (Lipinski definition) is 1. The molecule has 154 valence electrons. The first-order valence-corrected chi connectivity index (χ1v) is 10.7. The second kappa shape index (κ2) is 9.24. The van der Waals surface area contributed by atoms with E-state index in [9.17, 15) is 4.79 Å². The predicted octanol–water partition coefficient (Wildman–Crippen LogP) is 4.16. The summed E-state index contributed by atoms with van der Waals surface area (Å²) in [5, 5.41) is 4.41. The largest absolute Gasteiger partial charge is 0.486 e. The Labute approximate surface area is 180 Å². The first-order chi connectivity index (χ1) is 14.1. The minimum absolute atomic E-state index is 0.0183. The number of hydrogen-bond acceptors (Lipinski definition) is 4. The van der Waals surface area contributed by atoms with Crippen LogP contribution in [0.5, 0.6) is 11.5 Å². The summed E-state index contributed by atoms with van der Waals surface area (Å²) in [6, 6.07) is 13.2. The van der Waals surface area contributed by atoms with Crippen molar-refractivity contribution in [3.05, 3.63) is 58.1 Å². The first kappa shape index (κ1) is 20.3. The number of nitrogens with zero attached hydrogens (tertiary/aromatic N) is 1. The first-order valence-electron chi connectivity index (χ1n) is 9.91. The molecule has 0 bridgehead atoms. The number of likely N-dealkylation sites (tertiary alicyclic amines) is 1. The van der Waals surface area contributed by atoms with Gasteiger partial charge < -0.3 is 14.8 Å². The number of benzene rings is 2. The lowest BCUT2D eigenvalue weighted by molar-refractivity contribution is -0.127. The summed E-state index contributed by atoms with van der Waals surface area (Å²) in [6.45, 7) is 3.28. The zero-order chi connectivity index (χ0) is 20.2. The van der Waals surface area contributed by atoms with Crippen molar-refractivity contribution in [3.8, 4) is 11.5 Å². The van der Waals surface area contributed by atoms with E-state index < -0.39 is 0 Å². The van der Waals surface area contributed by atoms with Crippen LogP contribution in [0.4, 0.5) is 0 Å². The highest BCUT2D eigenvalue weighted by molar-refractivity contribution is 6.35. The van der Waals surface area contributed by atoms with Gasteiger partial charge in [-0.05, 0) is 50.2 Å². The number of rotatable bonds is 5. The van der Waals surface area contributed by atoms with Gasteiger partial charge in [0, 0.05) is 28.1 Å². The maximum atomic E-state index is 12.6. The smallest absolute Gasteiger partial charge is 0.223 e. The van der Waals surface area contributed by atoms with Gasteiger partial charge in [0.15, 0.2) is 11.5 Å². The Bertz CT molecular complexity index is 849. The van der Waals surface area contributed by atoms with Crippen molar-refractivity contribution in [2.45, 2.75) is 25.5 Å². The van der Waals surface area contributed by atoms with E-state index in [-0.39, 0.29) is 17.9 Å². The molecule has 5 nitrogen and oxygen atoms in total. The third-order valence-corrected chi connectivity index (χ3v) is 6.18. The number of ether oxygens (including phenoxy) is 2. The second-order valence-corrected chi connectivity index (χ2v) is 8.31. The van der Waals surface area contributed by atoms with Crippen LogP contribution >= 0.6 is 23.2 Å². The summed E-state index contributed by atoms with van der Waals surface area (Å²) < 4.78 is 11.6. The molecule has 2 aromatic carbocycles. The van der Waals surface area contributed by atoms with Gasteiger partial charge in [-0.1, -0.05) is 41.4 Å². The summed E-state index contributed by atoms with van der Waals surface area (Å²) in [6.07, 6.45) is 1.47. The van der Waals surface area contributed by atoms with Gasteiger partial charge in [0.1, 0.15) is 12.7 Å². The number of piperidine rings is 1. The van der Waals surface area contributed by atoms with Crippen LogP contribution in [-0.2, 0) is 11.3 Å². The predicted molar refractivity (Wildman–Crippen MR) is 114 cm³/mol. The number of halogens is 2. The van der Waals surface area contributed by atoms with Gasteiger partial charge in [0.25, 0.3) is 0 Å². The fourth-order valence-corrected chi connectivity index (χ4v) is 4.30. The van der Waals surface area contributed by atoms with E-state index in [1.807, 2.05) is 42.5 Å². The fraction of sp³-hybridized carbons (Fsp3) is 0.409. The Morgan fingerprint density at radius 1 is 1.03 bits per heavy atom. The number of carbonyl (C=O) groups excluding carboxylic acids is 1. The van der Waals surface area contributed by atoms with Gasteiger partial charge in [-0.25, -0.2) is 0 Å². The molecule has 2 aliphatic rings. The van der Waals surface area contributed by atoms with E-state index in [0.29, 0.717) is 29.7 Å². The molecule has 7 heteroatoms. The molecular formula is C22H24Cl2N2O3. The molecule has 0 aromatic heterocycles. The highest BCUT2D eigenvalue weighted by Gasteiger charge is 2.27. The molecule has 0 aliphatic carbocycles. The molecule has 0 radical (unpaired) electrons. The monoisotopic (exact) mass is 434 g/mol. The molecule has 1 unspecified atom stereocenters. The molecule has 1 fully saturated rings. The van der Waals surface area contributed by atoms with Crippen LogP contribution in [0.15, 0.2) is 42.5 Å². The van der Waals surface area contributed by atoms with E-state index >= 15 is 0 Å². The van der Waals surface area contributed by atoms with Crippen LogP contribution in [0.3, 0.4) is 0 Å². The Balaban J connectivity index is 1.22. The average molecular weight is 435 g/mol. The molecule has 1 N–H and O–H groups in total. The van der Waals surface area contributed by atoms with Gasteiger partial charge in [0.05, 0.1) is 6.54 Å². The summed E-state index contributed by atoms with van der Waals surface area (Å²) >= 11 is 12.6. The average Bonchev–Trinajstić information content (AvgIpc) is 2.75. The summed E-state index contributed by atoms with van der Waals surface area (Å²) in [5.41, 5.74) is 0.952. The van der Waals surface area contributed by atoms with Gasteiger partial charge >= 0.3 is 0 Å². The number of nitrogens with one attached hydrogen (secondary N) is 1. The fourth-order valence-electron chi connectivity index (χ4n) is 3.78.